The van der Waals surface area contributed by atoms with Crippen LogP contribution in [0, 0.1) is 0 Å². The number of carbonyl (C=O) groups excluding carboxylic acids is 4. The van der Waals surface area contributed by atoms with E-state index in [0.717, 1.165) is 134 Å². The van der Waals surface area contributed by atoms with E-state index in [9.17, 15) is 19.2 Å². The summed E-state index contributed by atoms with van der Waals surface area (Å²) in [5.41, 5.74) is 11.1. The van der Waals surface area contributed by atoms with Crippen LogP contribution in [0.3, 0.4) is 0 Å². The maximum absolute atomic E-state index is 12.4. The third-order valence-electron chi connectivity index (χ3n) is 8.43. The molecule has 0 aromatic rings. The standard InChI is InChI=1S/C38H80N10O5S4/c1-54-55-29-13-35(49)45-24-4-2-3-5-25-48-38(52)33-53-34(12-28-43-21-9-17-40)32-44-23-11-27-47-37(51)15-31-57-56-30-14-36(50)46-26-10-22-42-19-7-6-18-41-20-8-16-39/h34,41-44H,2-33,39-40H2,1H3,(H,45,49)(H,46,50)(H,47,51)(H,48,52). The first-order valence-electron chi connectivity index (χ1n) is 21.2. The fourth-order valence-electron chi connectivity index (χ4n) is 5.16. The van der Waals surface area contributed by atoms with E-state index in [0.29, 0.717) is 64.3 Å². The maximum Gasteiger partial charge on any atom is 0.246 e. The Labute approximate surface area is 360 Å². The van der Waals surface area contributed by atoms with Crippen LogP contribution in [0.2, 0.25) is 0 Å². The van der Waals surface area contributed by atoms with E-state index in [1.165, 1.54) is 0 Å². The summed E-state index contributed by atoms with van der Waals surface area (Å²) >= 11 is 0. The van der Waals surface area contributed by atoms with Crippen molar-refractivity contribution in [2.75, 3.05) is 122 Å². The molecule has 0 rings (SSSR count). The number of nitrogens with one attached hydrogen (secondary N) is 8. The van der Waals surface area contributed by atoms with Crippen molar-refractivity contribution in [2.45, 2.75) is 96.0 Å². The maximum atomic E-state index is 12.4. The number of carbonyl (C=O) groups is 4. The Hall–Kier alpha value is -1.00. The summed E-state index contributed by atoms with van der Waals surface area (Å²) in [5.74, 6) is 2.37. The zero-order valence-corrected chi connectivity index (χ0v) is 38.3. The lowest BCUT2D eigenvalue weighted by Gasteiger charge is -2.19. The molecule has 0 aromatic heterocycles. The molecule has 0 spiro atoms. The fourth-order valence-corrected chi connectivity index (χ4v) is 8.32. The van der Waals surface area contributed by atoms with Crippen LogP contribution >= 0.6 is 43.2 Å². The topological polar surface area (TPSA) is 226 Å². The summed E-state index contributed by atoms with van der Waals surface area (Å²) < 4.78 is 5.97. The third kappa shape index (κ3) is 44.4. The van der Waals surface area contributed by atoms with Crippen LogP contribution in [-0.4, -0.2) is 151 Å². The van der Waals surface area contributed by atoms with Crippen LogP contribution in [0.1, 0.15) is 89.9 Å². The molecule has 57 heavy (non-hydrogen) atoms. The van der Waals surface area contributed by atoms with Crippen molar-refractivity contribution in [3.63, 3.8) is 0 Å². The van der Waals surface area contributed by atoms with Crippen molar-refractivity contribution in [2.24, 2.45) is 11.5 Å². The Kier molecular flexibility index (Phi) is 45.3. The molecule has 0 saturated carbocycles. The Morgan fingerprint density at radius 1 is 0.474 bits per heavy atom. The first-order chi connectivity index (χ1) is 27.9. The summed E-state index contributed by atoms with van der Waals surface area (Å²) in [6.45, 7) is 10.9. The minimum absolute atomic E-state index is 0.0173. The first kappa shape index (κ1) is 56.0. The molecule has 4 amide bonds. The zero-order valence-electron chi connectivity index (χ0n) is 35.0. The molecule has 0 fully saturated rings. The molecule has 0 aliphatic heterocycles. The largest absolute Gasteiger partial charge is 0.367 e. The highest BCUT2D eigenvalue weighted by atomic mass is 33.1. The van der Waals surface area contributed by atoms with E-state index in [4.69, 9.17) is 16.2 Å². The van der Waals surface area contributed by atoms with Crippen LogP contribution in [0.15, 0.2) is 0 Å². The highest BCUT2D eigenvalue weighted by Gasteiger charge is 2.12. The minimum atomic E-state index is -0.117. The molecular formula is C38H80N10O5S4. The van der Waals surface area contributed by atoms with Crippen molar-refractivity contribution >= 4 is 66.8 Å². The van der Waals surface area contributed by atoms with Gasteiger partial charge in [-0.2, -0.15) is 0 Å². The van der Waals surface area contributed by atoms with Crippen molar-refractivity contribution in [3.8, 4) is 0 Å². The molecule has 12 N–H and O–H groups in total. The van der Waals surface area contributed by atoms with E-state index in [-0.39, 0.29) is 36.3 Å². The molecule has 0 aliphatic carbocycles. The van der Waals surface area contributed by atoms with Crippen molar-refractivity contribution in [3.05, 3.63) is 0 Å². The lowest BCUT2D eigenvalue weighted by Crippen LogP contribution is -2.37. The summed E-state index contributed by atoms with van der Waals surface area (Å²) in [5, 5.41) is 25.5. The number of hydrogen-bond donors (Lipinski definition) is 10. The molecule has 0 saturated heterocycles. The number of rotatable bonds is 45. The lowest BCUT2D eigenvalue weighted by molar-refractivity contribution is -0.127. The van der Waals surface area contributed by atoms with Crippen molar-refractivity contribution < 1.29 is 23.9 Å². The number of hydrogen-bond acceptors (Lipinski definition) is 15. The van der Waals surface area contributed by atoms with Gasteiger partial charge < -0.3 is 58.7 Å². The van der Waals surface area contributed by atoms with E-state index in [1.54, 1.807) is 43.2 Å². The molecule has 0 aromatic carbocycles. The number of ether oxygens (including phenoxy) is 1. The molecule has 0 aliphatic rings. The minimum Gasteiger partial charge on any atom is -0.367 e. The smallest absolute Gasteiger partial charge is 0.246 e. The van der Waals surface area contributed by atoms with Gasteiger partial charge in [-0.3, -0.25) is 19.2 Å². The summed E-state index contributed by atoms with van der Waals surface area (Å²) in [6, 6.07) is 0. The van der Waals surface area contributed by atoms with Gasteiger partial charge in [0.2, 0.25) is 23.6 Å². The Bertz CT molecular complexity index is 953. The normalized spacial score (nSPS) is 11.7. The van der Waals surface area contributed by atoms with E-state index < -0.39 is 0 Å². The molecule has 19 heteroatoms. The van der Waals surface area contributed by atoms with E-state index in [2.05, 4.69) is 42.5 Å². The quantitative estimate of drug-likeness (QED) is 0.0312. The van der Waals surface area contributed by atoms with Crippen molar-refractivity contribution in [1.29, 1.82) is 0 Å². The van der Waals surface area contributed by atoms with Gasteiger partial charge in [-0.15, -0.1) is 0 Å². The van der Waals surface area contributed by atoms with Crippen LogP contribution in [0.5, 0.6) is 0 Å². The number of amides is 4. The molecule has 0 radical (unpaired) electrons. The van der Waals surface area contributed by atoms with Gasteiger partial charge in [0.25, 0.3) is 0 Å². The van der Waals surface area contributed by atoms with Gasteiger partial charge in [0.1, 0.15) is 6.61 Å². The molecule has 0 bridgehead atoms. The SMILES string of the molecule is CSSCCC(=O)NCCCCCCNC(=O)COC(CCNCCCN)CNCCCNC(=O)CCSSCCC(=O)NCCCNCCCCNCCCN. The molecule has 15 nitrogen and oxygen atoms in total. The molecular weight excluding hydrogens is 805 g/mol. The number of nitrogens with two attached hydrogens (primary N) is 2. The predicted molar refractivity (Wildman–Crippen MR) is 247 cm³/mol. The second kappa shape index (κ2) is 46.1. The predicted octanol–water partition coefficient (Wildman–Crippen LogP) is 1.97. The van der Waals surface area contributed by atoms with Gasteiger partial charge in [-0.1, -0.05) is 56.0 Å². The third-order valence-corrected chi connectivity index (χ3v) is 12.7. The average Bonchev–Trinajstić information content (AvgIpc) is 3.20. The highest BCUT2D eigenvalue weighted by molar-refractivity contribution is 8.76. The van der Waals surface area contributed by atoms with E-state index in [1.807, 2.05) is 6.26 Å². The molecule has 1 unspecified atom stereocenters. The lowest BCUT2D eigenvalue weighted by atomic mass is 10.2. The Morgan fingerprint density at radius 2 is 0.877 bits per heavy atom. The Morgan fingerprint density at radius 3 is 1.39 bits per heavy atom. The zero-order chi connectivity index (χ0) is 41.7. The van der Waals surface area contributed by atoms with Crippen LogP contribution in [0.4, 0.5) is 0 Å². The van der Waals surface area contributed by atoms with Crippen LogP contribution in [-0.2, 0) is 23.9 Å². The average molecular weight is 885 g/mol. The summed E-state index contributed by atoms with van der Waals surface area (Å²) in [7, 11) is 6.63. The Balaban J connectivity index is 3.87. The van der Waals surface area contributed by atoms with Gasteiger partial charge in [0, 0.05) is 69.2 Å². The van der Waals surface area contributed by atoms with Gasteiger partial charge in [-0.25, -0.2) is 0 Å². The monoisotopic (exact) mass is 885 g/mol. The van der Waals surface area contributed by atoms with Crippen LogP contribution in [0.25, 0.3) is 0 Å². The fraction of sp³-hybridized carbons (Fsp3) is 0.895. The number of unbranched alkanes of at least 4 members (excludes halogenated alkanes) is 4. The van der Waals surface area contributed by atoms with Gasteiger partial charge in [0.15, 0.2) is 0 Å². The molecule has 336 valence electrons. The van der Waals surface area contributed by atoms with E-state index >= 15 is 0 Å². The summed E-state index contributed by atoms with van der Waals surface area (Å²) in [6.07, 6.45) is 13.9. The van der Waals surface area contributed by atoms with Crippen molar-refractivity contribution in [1.82, 2.24) is 42.5 Å². The second-order valence-electron chi connectivity index (χ2n) is 13.6. The first-order valence-corrected chi connectivity index (χ1v) is 26.5. The van der Waals surface area contributed by atoms with Crippen LogP contribution < -0.4 is 54.0 Å². The molecule has 1 atom stereocenters. The second-order valence-corrected chi connectivity index (χ2v) is 19.0. The van der Waals surface area contributed by atoms with Gasteiger partial charge >= 0.3 is 0 Å². The van der Waals surface area contributed by atoms with Gasteiger partial charge in [-0.05, 0) is 123 Å². The molecule has 0 heterocycles. The van der Waals surface area contributed by atoms with Gasteiger partial charge in [0.05, 0.1) is 6.10 Å². The highest BCUT2D eigenvalue weighted by Crippen LogP contribution is 2.22. The summed E-state index contributed by atoms with van der Waals surface area (Å²) in [4.78, 5) is 48.5.